The molecule has 0 radical (unpaired) electrons. The number of carbonyl (C=O) groups is 2. The number of phenolic OH excluding ortho intramolecular Hbond substituents is 1. The highest BCUT2D eigenvalue weighted by molar-refractivity contribution is 9.10. The van der Waals surface area contributed by atoms with E-state index in [2.05, 4.69) is 26.6 Å². The SMILES string of the molecule is O=C1NC(=O)c2ccc(Br)cc2C1=CNCc1ccccc1O. The van der Waals surface area contributed by atoms with Crippen LogP contribution in [-0.2, 0) is 11.3 Å². The van der Waals surface area contributed by atoms with E-state index in [0.29, 0.717) is 28.8 Å². The van der Waals surface area contributed by atoms with E-state index in [1.165, 1.54) is 0 Å². The Kier molecular flexibility index (Phi) is 4.16. The first kappa shape index (κ1) is 15.3. The number of hydrogen-bond acceptors (Lipinski definition) is 4. The van der Waals surface area contributed by atoms with Crippen molar-refractivity contribution in [3.63, 3.8) is 0 Å². The molecule has 116 valence electrons. The van der Waals surface area contributed by atoms with Crippen molar-refractivity contribution in [3.8, 4) is 5.75 Å². The van der Waals surface area contributed by atoms with Gasteiger partial charge in [0.1, 0.15) is 5.75 Å². The van der Waals surface area contributed by atoms with Crippen LogP contribution in [0.3, 0.4) is 0 Å². The van der Waals surface area contributed by atoms with Crippen molar-refractivity contribution in [2.24, 2.45) is 0 Å². The van der Waals surface area contributed by atoms with E-state index < -0.39 is 11.8 Å². The molecule has 0 atom stereocenters. The second kappa shape index (κ2) is 6.26. The summed E-state index contributed by atoms with van der Waals surface area (Å²) in [4.78, 5) is 23.9. The van der Waals surface area contributed by atoms with Crippen LogP contribution in [0, 0.1) is 0 Å². The smallest absolute Gasteiger partial charge is 0.260 e. The van der Waals surface area contributed by atoms with Crippen molar-refractivity contribution < 1.29 is 14.7 Å². The second-order valence-corrected chi connectivity index (χ2v) is 5.96. The highest BCUT2D eigenvalue weighted by atomic mass is 79.9. The summed E-state index contributed by atoms with van der Waals surface area (Å²) in [6, 6.07) is 12.1. The molecular formula is C17H13BrN2O3. The van der Waals surface area contributed by atoms with Crippen LogP contribution in [0.4, 0.5) is 0 Å². The predicted molar refractivity (Wildman–Crippen MR) is 89.5 cm³/mol. The molecule has 2 aromatic carbocycles. The quantitative estimate of drug-likeness (QED) is 0.571. The molecule has 2 aromatic rings. The standard InChI is InChI=1S/C17H13BrN2O3/c18-11-5-6-12-13(7-11)14(17(23)20-16(12)22)9-19-8-10-3-1-2-4-15(10)21/h1-7,9,19,21H,8H2,(H,20,22,23). The lowest BCUT2D eigenvalue weighted by Gasteiger charge is -2.18. The minimum absolute atomic E-state index is 0.185. The van der Waals surface area contributed by atoms with Gasteiger partial charge >= 0.3 is 0 Å². The Morgan fingerprint density at radius 3 is 2.65 bits per heavy atom. The predicted octanol–water partition coefficient (Wildman–Crippen LogP) is 2.56. The van der Waals surface area contributed by atoms with E-state index in [0.717, 1.165) is 4.47 Å². The van der Waals surface area contributed by atoms with E-state index >= 15 is 0 Å². The average Bonchev–Trinajstić information content (AvgIpc) is 2.52. The molecule has 2 amide bonds. The fourth-order valence-corrected chi connectivity index (χ4v) is 2.73. The zero-order valence-corrected chi connectivity index (χ0v) is 13.6. The molecule has 0 unspecified atom stereocenters. The van der Waals surface area contributed by atoms with Gasteiger partial charge in [-0.05, 0) is 24.3 Å². The van der Waals surface area contributed by atoms with Gasteiger partial charge in [-0.3, -0.25) is 14.9 Å². The Hall–Kier alpha value is -2.60. The van der Waals surface area contributed by atoms with Gasteiger partial charge in [-0.2, -0.15) is 0 Å². The molecule has 0 bridgehead atoms. The van der Waals surface area contributed by atoms with Gasteiger partial charge in [-0.15, -0.1) is 0 Å². The van der Waals surface area contributed by atoms with E-state index in [1.807, 2.05) is 6.07 Å². The first-order valence-corrected chi connectivity index (χ1v) is 7.71. The zero-order valence-electron chi connectivity index (χ0n) is 12.0. The van der Waals surface area contributed by atoms with Crippen LogP contribution < -0.4 is 10.6 Å². The van der Waals surface area contributed by atoms with E-state index in [-0.39, 0.29) is 5.75 Å². The van der Waals surface area contributed by atoms with Crippen LogP contribution >= 0.6 is 15.9 Å². The van der Waals surface area contributed by atoms with Crippen LogP contribution in [0.2, 0.25) is 0 Å². The number of carbonyl (C=O) groups excluding carboxylic acids is 2. The molecule has 0 fully saturated rings. The fourth-order valence-electron chi connectivity index (χ4n) is 2.36. The zero-order chi connectivity index (χ0) is 16.4. The summed E-state index contributed by atoms with van der Waals surface area (Å²) >= 11 is 3.35. The average molecular weight is 373 g/mol. The van der Waals surface area contributed by atoms with Crippen molar-refractivity contribution in [2.75, 3.05) is 0 Å². The van der Waals surface area contributed by atoms with Gasteiger partial charge in [-0.1, -0.05) is 34.1 Å². The highest BCUT2D eigenvalue weighted by Crippen LogP contribution is 2.27. The van der Waals surface area contributed by atoms with Crippen LogP contribution in [0.25, 0.3) is 5.57 Å². The van der Waals surface area contributed by atoms with Gasteiger partial charge in [0.05, 0.1) is 5.57 Å². The summed E-state index contributed by atoms with van der Waals surface area (Å²) in [5.41, 5.74) is 2.10. The van der Waals surface area contributed by atoms with Crippen LogP contribution in [-0.4, -0.2) is 16.9 Å². The fraction of sp³-hybridized carbons (Fsp3) is 0.0588. The molecule has 6 heteroatoms. The molecule has 3 rings (SSSR count). The molecule has 1 heterocycles. The van der Waals surface area contributed by atoms with Gasteiger partial charge < -0.3 is 10.4 Å². The Bertz CT molecular complexity index is 830. The van der Waals surface area contributed by atoms with Crippen molar-refractivity contribution in [1.29, 1.82) is 0 Å². The first-order chi connectivity index (χ1) is 11.1. The van der Waals surface area contributed by atoms with Gasteiger partial charge in [0.15, 0.2) is 0 Å². The molecule has 0 saturated heterocycles. The summed E-state index contributed by atoms with van der Waals surface area (Å²) in [7, 11) is 0. The van der Waals surface area contributed by atoms with Gasteiger partial charge in [-0.25, -0.2) is 0 Å². The minimum atomic E-state index is -0.453. The van der Waals surface area contributed by atoms with Crippen LogP contribution in [0.5, 0.6) is 5.75 Å². The van der Waals surface area contributed by atoms with Gasteiger partial charge in [0.25, 0.3) is 11.8 Å². The largest absolute Gasteiger partial charge is 0.508 e. The lowest BCUT2D eigenvalue weighted by Crippen LogP contribution is -2.37. The number of para-hydroxylation sites is 1. The van der Waals surface area contributed by atoms with E-state index in [4.69, 9.17) is 0 Å². The maximum absolute atomic E-state index is 12.1. The third-order valence-corrected chi connectivity index (χ3v) is 4.01. The summed E-state index contributed by atoms with van der Waals surface area (Å²) in [6.45, 7) is 0.362. The Morgan fingerprint density at radius 1 is 1.09 bits per heavy atom. The molecule has 3 N–H and O–H groups in total. The maximum Gasteiger partial charge on any atom is 0.260 e. The molecule has 5 nitrogen and oxygen atoms in total. The number of fused-ring (bicyclic) bond motifs is 1. The van der Waals surface area contributed by atoms with Gasteiger partial charge in [0, 0.05) is 33.9 Å². The number of phenols is 1. The van der Waals surface area contributed by atoms with Crippen LogP contribution in [0.15, 0.2) is 53.1 Å². The van der Waals surface area contributed by atoms with E-state index in [9.17, 15) is 14.7 Å². The molecule has 0 aromatic heterocycles. The number of aromatic hydroxyl groups is 1. The molecule has 0 aliphatic carbocycles. The van der Waals surface area contributed by atoms with Crippen LogP contribution in [0.1, 0.15) is 21.5 Å². The molecule has 23 heavy (non-hydrogen) atoms. The van der Waals surface area contributed by atoms with Crippen molar-refractivity contribution >= 4 is 33.3 Å². The third kappa shape index (κ3) is 3.12. The van der Waals surface area contributed by atoms with E-state index in [1.54, 1.807) is 42.6 Å². The number of rotatable bonds is 3. The number of hydrogen-bond donors (Lipinski definition) is 3. The summed E-state index contributed by atoms with van der Waals surface area (Å²) < 4.78 is 0.783. The Balaban J connectivity index is 1.88. The summed E-state index contributed by atoms with van der Waals surface area (Å²) in [5.74, 6) is -0.675. The normalized spacial score (nSPS) is 15.3. The Labute approximate surface area is 141 Å². The molecule has 0 saturated carbocycles. The minimum Gasteiger partial charge on any atom is -0.508 e. The lowest BCUT2D eigenvalue weighted by molar-refractivity contribution is -0.114. The highest BCUT2D eigenvalue weighted by Gasteiger charge is 2.27. The number of benzene rings is 2. The molecule has 1 aliphatic rings. The molecule has 0 spiro atoms. The number of halogens is 1. The number of imide groups is 1. The Morgan fingerprint density at radius 2 is 1.87 bits per heavy atom. The number of nitrogens with one attached hydrogen (secondary N) is 2. The lowest BCUT2D eigenvalue weighted by atomic mass is 9.95. The summed E-state index contributed by atoms with van der Waals surface area (Å²) in [5, 5.41) is 15.1. The third-order valence-electron chi connectivity index (χ3n) is 3.52. The topological polar surface area (TPSA) is 78.4 Å². The monoisotopic (exact) mass is 372 g/mol. The number of amides is 2. The molecular weight excluding hydrogens is 360 g/mol. The first-order valence-electron chi connectivity index (χ1n) is 6.92. The second-order valence-electron chi connectivity index (χ2n) is 5.04. The van der Waals surface area contributed by atoms with Crippen molar-refractivity contribution in [1.82, 2.24) is 10.6 Å². The molecule has 1 aliphatic heterocycles. The van der Waals surface area contributed by atoms with Crippen molar-refractivity contribution in [2.45, 2.75) is 6.54 Å². The summed E-state index contributed by atoms with van der Waals surface area (Å²) in [6.07, 6.45) is 1.56. The van der Waals surface area contributed by atoms with Gasteiger partial charge in [0.2, 0.25) is 0 Å². The van der Waals surface area contributed by atoms with Crippen molar-refractivity contribution in [3.05, 3.63) is 69.8 Å². The maximum atomic E-state index is 12.1.